The van der Waals surface area contributed by atoms with Crippen LogP contribution < -0.4 is 10.5 Å². The molecule has 116 valence electrons. The summed E-state index contributed by atoms with van der Waals surface area (Å²) in [5.74, 6) is -0.0504. The van der Waals surface area contributed by atoms with E-state index in [9.17, 15) is 9.59 Å². The Morgan fingerprint density at radius 2 is 1.78 bits per heavy atom. The second-order valence-corrected chi connectivity index (χ2v) is 5.32. The summed E-state index contributed by atoms with van der Waals surface area (Å²) in [6, 6.07) is 16.8. The number of aromatic nitrogens is 2. The molecule has 0 bridgehead atoms. The SMILES string of the molecule is CN(C(=O)CCc1nc2ccccc2[nH]c1=O)c1ccccc1. The molecule has 0 fully saturated rings. The van der Waals surface area contributed by atoms with Crippen LogP contribution in [-0.2, 0) is 11.2 Å². The van der Waals surface area contributed by atoms with E-state index in [-0.39, 0.29) is 17.9 Å². The van der Waals surface area contributed by atoms with Gasteiger partial charge in [-0.3, -0.25) is 9.59 Å². The first-order chi connectivity index (χ1) is 11.1. The molecule has 23 heavy (non-hydrogen) atoms. The lowest BCUT2D eigenvalue weighted by atomic mass is 10.2. The molecule has 1 aromatic heterocycles. The molecule has 5 heteroatoms. The van der Waals surface area contributed by atoms with Crippen molar-refractivity contribution in [1.82, 2.24) is 9.97 Å². The zero-order valence-electron chi connectivity index (χ0n) is 12.8. The van der Waals surface area contributed by atoms with Crippen molar-refractivity contribution in [3.8, 4) is 0 Å². The fourth-order valence-electron chi connectivity index (χ4n) is 2.43. The van der Waals surface area contributed by atoms with Crippen molar-refractivity contribution in [2.24, 2.45) is 0 Å². The number of carbonyl (C=O) groups is 1. The first-order valence-electron chi connectivity index (χ1n) is 7.45. The van der Waals surface area contributed by atoms with Crippen LogP contribution >= 0.6 is 0 Å². The summed E-state index contributed by atoms with van der Waals surface area (Å²) in [5, 5.41) is 0. The van der Waals surface area contributed by atoms with Gasteiger partial charge in [-0.15, -0.1) is 0 Å². The van der Waals surface area contributed by atoms with E-state index in [0.717, 1.165) is 11.2 Å². The minimum atomic E-state index is -0.237. The summed E-state index contributed by atoms with van der Waals surface area (Å²) in [6.45, 7) is 0. The highest BCUT2D eigenvalue weighted by molar-refractivity contribution is 5.92. The number of amides is 1. The van der Waals surface area contributed by atoms with E-state index in [1.54, 1.807) is 11.9 Å². The first-order valence-corrected chi connectivity index (χ1v) is 7.45. The number of nitrogens with zero attached hydrogens (tertiary/aromatic N) is 2. The number of para-hydroxylation sites is 3. The second kappa shape index (κ2) is 6.44. The van der Waals surface area contributed by atoms with E-state index in [2.05, 4.69) is 9.97 Å². The maximum Gasteiger partial charge on any atom is 0.270 e. The van der Waals surface area contributed by atoms with Crippen molar-refractivity contribution >= 4 is 22.6 Å². The van der Waals surface area contributed by atoms with Gasteiger partial charge in [0.25, 0.3) is 5.56 Å². The fraction of sp³-hybridized carbons (Fsp3) is 0.167. The zero-order chi connectivity index (χ0) is 16.2. The summed E-state index contributed by atoms with van der Waals surface area (Å²) in [6.07, 6.45) is 0.552. The molecule has 5 nitrogen and oxygen atoms in total. The van der Waals surface area contributed by atoms with Gasteiger partial charge in [0.05, 0.1) is 11.0 Å². The molecule has 0 saturated carbocycles. The van der Waals surface area contributed by atoms with Crippen LogP contribution in [-0.4, -0.2) is 22.9 Å². The van der Waals surface area contributed by atoms with Crippen LogP contribution in [0.4, 0.5) is 5.69 Å². The molecule has 0 spiro atoms. The average molecular weight is 307 g/mol. The number of fused-ring (bicyclic) bond motifs is 1. The third kappa shape index (κ3) is 3.29. The van der Waals surface area contributed by atoms with Crippen LogP contribution in [0.1, 0.15) is 12.1 Å². The largest absolute Gasteiger partial charge is 0.319 e. The summed E-state index contributed by atoms with van der Waals surface area (Å²) in [7, 11) is 1.73. The molecule has 3 aromatic rings. The van der Waals surface area contributed by atoms with Crippen LogP contribution in [0.2, 0.25) is 0 Å². The average Bonchev–Trinajstić information content (AvgIpc) is 2.59. The zero-order valence-corrected chi connectivity index (χ0v) is 12.8. The lowest BCUT2D eigenvalue weighted by Gasteiger charge is -2.16. The standard InChI is InChI=1S/C18H17N3O2/c1-21(13-7-3-2-4-8-13)17(22)12-11-16-18(23)20-15-10-6-5-9-14(15)19-16/h2-10H,11-12H2,1H3,(H,20,23). The lowest BCUT2D eigenvalue weighted by Crippen LogP contribution is -2.27. The Kier molecular flexibility index (Phi) is 4.19. The van der Waals surface area contributed by atoms with Crippen LogP contribution in [0.25, 0.3) is 11.0 Å². The number of hydrogen-bond donors (Lipinski definition) is 1. The Bertz CT molecular complexity index is 887. The number of hydrogen-bond acceptors (Lipinski definition) is 3. The van der Waals surface area contributed by atoms with Gasteiger partial charge in [0.2, 0.25) is 5.91 Å². The molecule has 0 radical (unpaired) electrons. The number of benzene rings is 2. The van der Waals surface area contributed by atoms with Crippen molar-refractivity contribution in [3.63, 3.8) is 0 Å². The highest BCUT2D eigenvalue weighted by Gasteiger charge is 2.13. The highest BCUT2D eigenvalue weighted by atomic mass is 16.2. The van der Waals surface area contributed by atoms with Gasteiger partial charge in [0.1, 0.15) is 5.69 Å². The summed E-state index contributed by atoms with van der Waals surface area (Å²) in [4.78, 5) is 33.1. The number of rotatable bonds is 4. The van der Waals surface area contributed by atoms with Gasteiger partial charge in [-0.1, -0.05) is 30.3 Å². The third-order valence-electron chi connectivity index (χ3n) is 3.76. The van der Waals surface area contributed by atoms with Gasteiger partial charge in [0.15, 0.2) is 0 Å². The van der Waals surface area contributed by atoms with Crippen LogP contribution in [0, 0.1) is 0 Å². The molecule has 1 heterocycles. The maximum absolute atomic E-state index is 12.3. The fourth-order valence-corrected chi connectivity index (χ4v) is 2.43. The molecule has 2 aromatic carbocycles. The number of nitrogens with one attached hydrogen (secondary N) is 1. The lowest BCUT2D eigenvalue weighted by molar-refractivity contribution is -0.118. The summed E-state index contributed by atoms with van der Waals surface area (Å²) in [5.41, 5.74) is 2.41. The Balaban J connectivity index is 1.74. The van der Waals surface area contributed by atoms with Gasteiger partial charge in [0, 0.05) is 25.6 Å². The monoisotopic (exact) mass is 307 g/mol. The molecule has 1 amide bonds. The van der Waals surface area contributed by atoms with E-state index in [1.165, 1.54) is 0 Å². The molecule has 1 N–H and O–H groups in total. The molecule has 0 aliphatic heterocycles. The normalized spacial score (nSPS) is 10.7. The van der Waals surface area contributed by atoms with Gasteiger partial charge >= 0.3 is 0 Å². The third-order valence-corrected chi connectivity index (χ3v) is 3.76. The molecular formula is C18H17N3O2. The van der Waals surface area contributed by atoms with Crippen LogP contribution in [0.3, 0.4) is 0 Å². The van der Waals surface area contributed by atoms with Crippen molar-refractivity contribution in [1.29, 1.82) is 0 Å². The molecule has 0 saturated heterocycles. The van der Waals surface area contributed by atoms with Crippen LogP contribution in [0.15, 0.2) is 59.4 Å². The number of anilines is 1. The van der Waals surface area contributed by atoms with Gasteiger partial charge in [-0.2, -0.15) is 0 Å². The minimum absolute atomic E-state index is 0.0504. The van der Waals surface area contributed by atoms with Crippen molar-refractivity contribution in [2.45, 2.75) is 12.8 Å². The summed E-state index contributed by atoms with van der Waals surface area (Å²) < 4.78 is 0. The number of H-pyrrole nitrogens is 1. The van der Waals surface area contributed by atoms with Crippen molar-refractivity contribution in [2.75, 3.05) is 11.9 Å². The first kappa shape index (κ1) is 15.0. The molecular weight excluding hydrogens is 290 g/mol. The van der Waals surface area contributed by atoms with E-state index in [4.69, 9.17) is 0 Å². The Morgan fingerprint density at radius 3 is 2.57 bits per heavy atom. The highest BCUT2D eigenvalue weighted by Crippen LogP contribution is 2.13. The molecule has 0 unspecified atom stereocenters. The molecule has 0 atom stereocenters. The number of aryl methyl sites for hydroxylation is 1. The minimum Gasteiger partial charge on any atom is -0.319 e. The van der Waals surface area contributed by atoms with E-state index in [1.807, 2.05) is 54.6 Å². The Labute approximate surface area is 133 Å². The molecule has 0 aliphatic rings. The number of aromatic amines is 1. The second-order valence-electron chi connectivity index (χ2n) is 5.32. The van der Waals surface area contributed by atoms with E-state index < -0.39 is 0 Å². The predicted molar refractivity (Wildman–Crippen MR) is 90.5 cm³/mol. The maximum atomic E-state index is 12.3. The van der Waals surface area contributed by atoms with E-state index in [0.29, 0.717) is 17.6 Å². The van der Waals surface area contributed by atoms with Crippen molar-refractivity contribution in [3.05, 3.63) is 70.6 Å². The predicted octanol–water partition coefficient (Wildman–Crippen LogP) is 2.52. The molecule has 0 aliphatic carbocycles. The quantitative estimate of drug-likeness (QED) is 0.805. The van der Waals surface area contributed by atoms with Gasteiger partial charge in [-0.25, -0.2) is 4.98 Å². The van der Waals surface area contributed by atoms with Gasteiger partial charge < -0.3 is 9.88 Å². The number of carbonyl (C=O) groups excluding carboxylic acids is 1. The van der Waals surface area contributed by atoms with Gasteiger partial charge in [-0.05, 0) is 24.3 Å². The Morgan fingerprint density at radius 1 is 1.09 bits per heavy atom. The van der Waals surface area contributed by atoms with Crippen molar-refractivity contribution < 1.29 is 4.79 Å². The Hall–Kier alpha value is -2.95. The van der Waals surface area contributed by atoms with Crippen LogP contribution in [0.5, 0.6) is 0 Å². The smallest absolute Gasteiger partial charge is 0.270 e. The molecule has 3 rings (SSSR count). The topological polar surface area (TPSA) is 66.1 Å². The summed E-state index contributed by atoms with van der Waals surface area (Å²) >= 11 is 0. The van der Waals surface area contributed by atoms with E-state index >= 15 is 0 Å².